The van der Waals surface area contributed by atoms with Crippen molar-refractivity contribution in [1.82, 2.24) is 9.80 Å². The summed E-state index contributed by atoms with van der Waals surface area (Å²) in [7, 11) is 1.65. The SMILES string of the molecule is COc1ccc([C@@H]2CN(C(=O)[C@@H]3COC(C)(C)O3)C[C@@]2(C)[C@@H](C)O)cc1OC1CN(C(c2ccccc2)c2ccccc2)C1. The molecule has 8 nitrogen and oxygen atoms in total. The van der Waals surface area contributed by atoms with Gasteiger partial charge in [0.05, 0.1) is 25.9 Å². The summed E-state index contributed by atoms with van der Waals surface area (Å²) in [4.78, 5) is 17.7. The van der Waals surface area contributed by atoms with E-state index in [2.05, 4.69) is 53.4 Å². The molecule has 3 aliphatic heterocycles. The Balaban J connectivity index is 1.19. The van der Waals surface area contributed by atoms with Crippen molar-refractivity contribution >= 4 is 5.91 Å². The number of likely N-dealkylation sites (tertiary alicyclic amines) is 2. The lowest BCUT2D eigenvalue weighted by atomic mass is 9.72. The van der Waals surface area contributed by atoms with Crippen LogP contribution in [0.15, 0.2) is 78.9 Å². The maximum atomic E-state index is 13.5. The average Bonchev–Trinajstić information content (AvgIpc) is 3.56. The van der Waals surface area contributed by atoms with E-state index in [0.717, 1.165) is 18.7 Å². The molecule has 8 heteroatoms. The van der Waals surface area contributed by atoms with Crippen LogP contribution in [0.25, 0.3) is 0 Å². The largest absolute Gasteiger partial charge is 0.493 e. The predicted molar refractivity (Wildman–Crippen MR) is 168 cm³/mol. The van der Waals surface area contributed by atoms with E-state index in [-0.39, 0.29) is 30.6 Å². The van der Waals surface area contributed by atoms with Gasteiger partial charge in [-0.15, -0.1) is 0 Å². The molecule has 3 heterocycles. The van der Waals surface area contributed by atoms with E-state index < -0.39 is 23.4 Å². The van der Waals surface area contributed by atoms with Crippen molar-refractivity contribution in [2.45, 2.75) is 63.8 Å². The van der Waals surface area contributed by atoms with Crippen molar-refractivity contribution in [1.29, 1.82) is 0 Å². The summed E-state index contributed by atoms with van der Waals surface area (Å²) in [6.45, 7) is 10.2. The van der Waals surface area contributed by atoms with Crippen molar-refractivity contribution in [3.63, 3.8) is 0 Å². The van der Waals surface area contributed by atoms with E-state index in [1.54, 1.807) is 14.0 Å². The number of carbonyl (C=O) groups excluding carboxylic acids is 1. The molecular weight excluding hydrogens is 556 g/mol. The molecule has 234 valence electrons. The van der Waals surface area contributed by atoms with Crippen LogP contribution >= 0.6 is 0 Å². The van der Waals surface area contributed by atoms with Crippen LogP contribution in [-0.2, 0) is 14.3 Å². The van der Waals surface area contributed by atoms with Crippen molar-refractivity contribution in [3.05, 3.63) is 95.6 Å². The number of aliphatic hydroxyl groups excluding tert-OH is 1. The molecule has 4 atom stereocenters. The van der Waals surface area contributed by atoms with Crippen LogP contribution in [0.4, 0.5) is 0 Å². The number of hydrogen-bond donors (Lipinski definition) is 1. The zero-order valence-corrected chi connectivity index (χ0v) is 26.3. The topological polar surface area (TPSA) is 80.7 Å². The summed E-state index contributed by atoms with van der Waals surface area (Å²) in [6, 6.07) is 27.3. The lowest BCUT2D eigenvalue weighted by Gasteiger charge is -2.44. The summed E-state index contributed by atoms with van der Waals surface area (Å²) in [5.41, 5.74) is 2.97. The zero-order valence-electron chi connectivity index (χ0n) is 26.3. The Morgan fingerprint density at radius 1 is 0.932 bits per heavy atom. The second-order valence-corrected chi connectivity index (χ2v) is 13.1. The molecule has 44 heavy (non-hydrogen) atoms. The molecule has 0 saturated carbocycles. The predicted octanol–water partition coefficient (Wildman–Crippen LogP) is 5.01. The number of aliphatic hydroxyl groups is 1. The molecule has 3 saturated heterocycles. The third-order valence-corrected chi connectivity index (χ3v) is 9.64. The van der Waals surface area contributed by atoms with E-state index in [1.807, 2.05) is 56.0 Å². The van der Waals surface area contributed by atoms with Gasteiger partial charge in [0.1, 0.15) is 6.10 Å². The summed E-state index contributed by atoms with van der Waals surface area (Å²) in [5.74, 6) is 0.356. The van der Waals surface area contributed by atoms with E-state index in [4.69, 9.17) is 18.9 Å². The highest BCUT2D eigenvalue weighted by Gasteiger charge is 2.51. The molecule has 0 aromatic heterocycles. The maximum absolute atomic E-state index is 13.5. The zero-order chi connectivity index (χ0) is 31.1. The van der Waals surface area contributed by atoms with Crippen LogP contribution < -0.4 is 9.47 Å². The number of nitrogens with zero attached hydrogens (tertiary/aromatic N) is 2. The van der Waals surface area contributed by atoms with Gasteiger partial charge in [-0.25, -0.2) is 0 Å². The average molecular weight is 601 g/mol. The maximum Gasteiger partial charge on any atom is 0.254 e. The molecule has 0 bridgehead atoms. The number of benzene rings is 3. The normalized spacial score (nSPS) is 26.0. The Kier molecular flexibility index (Phi) is 8.46. The molecule has 0 spiro atoms. The Bertz CT molecular complexity index is 1400. The summed E-state index contributed by atoms with van der Waals surface area (Å²) < 4.78 is 23.8. The van der Waals surface area contributed by atoms with Gasteiger partial charge in [-0.1, -0.05) is 73.7 Å². The van der Waals surface area contributed by atoms with Crippen molar-refractivity contribution in [3.8, 4) is 11.5 Å². The highest BCUT2D eigenvalue weighted by atomic mass is 16.7. The molecule has 1 amide bonds. The third-order valence-electron chi connectivity index (χ3n) is 9.64. The monoisotopic (exact) mass is 600 g/mol. The molecule has 1 N–H and O–H groups in total. The fourth-order valence-corrected chi connectivity index (χ4v) is 6.93. The Morgan fingerprint density at radius 3 is 2.11 bits per heavy atom. The van der Waals surface area contributed by atoms with Crippen LogP contribution in [0.3, 0.4) is 0 Å². The van der Waals surface area contributed by atoms with Crippen LogP contribution in [0.5, 0.6) is 11.5 Å². The first-order valence-corrected chi connectivity index (χ1v) is 15.5. The molecule has 6 rings (SSSR count). The van der Waals surface area contributed by atoms with Crippen LogP contribution in [0.1, 0.15) is 56.3 Å². The van der Waals surface area contributed by atoms with Gasteiger partial charge in [0, 0.05) is 37.5 Å². The Hall–Kier alpha value is -3.43. The van der Waals surface area contributed by atoms with Crippen LogP contribution in [-0.4, -0.2) is 84.8 Å². The van der Waals surface area contributed by atoms with E-state index in [1.165, 1.54) is 11.1 Å². The Morgan fingerprint density at radius 2 is 1.57 bits per heavy atom. The molecule has 0 radical (unpaired) electrons. The first-order valence-electron chi connectivity index (χ1n) is 15.5. The lowest BCUT2D eigenvalue weighted by molar-refractivity contribution is -0.159. The van der Waals surface area contributed by atoms with Crippen molar-refractivity contribution in [2.24, 2.45) is 5.41 Å². The second kappa shape index (κ2) is 12.2. The number of carbonyl (C=O) groups is 1. The number of rotatable bonds is 9. The van der Waals surface area contributed by atoms with Crippen molar-refractivity contribution < 1.29 is 28.8 Å². The van der Waals surface area contributed by atoms with Gasteiger partial charge in [-0.05, 0) is 49.6 Å². The van der Waals surface area contributed by atoms with E-state index >= 15 is 0 Å². The van der Waals surface area contributed by atoms with Gasteiger partial charge >= 0.3 is 0 Å². The lowest BCUT2D eigenvalue weighted by Crippen LogP contribution is -2.55. The molecular formula is C36H44N2O6. The fourth-order valence-electron chi connectivity index (χ4n) is 6.93. The minimum Gasteiger partial charge on any atom is -0.493 e. The number of hydrogen-bond acceptors (Lipinski definition) is 7. The van der Waals surface area contributed by atoms with Gasteiger partial charge in [0.25, 0.3) is 5.91 Å². The number of methoxy groups -OCH3 is 1. The molecule has 0 unspecified atom stereocenters. The first kappa shape index (κ1) is 30.6. The minimum atomic E-state index is -0.783. The number of amides is 1. The van der Waals surface area contributed by atoms with Gasteiger partial charge in [0.2, 0.25) is 0 Å². The standard InChI is InChI=1S/C36H44N2O6/c1-24(39)36(4)23-38(34(40)32-22-42-35(2,3)44-32)21-29(36)27-16-17-30(41-5)31(18-27)43-28-19-37(20-28)33(25-12-8-6-9-13-25)26-14-10-7-11-15-26/h6-18,24,28-29,32-33,39H,19-23H2,1-5H3/t24-,29+,32+,36+/m1/s1. The summed E-state index contributed by atoms with van der Waals surface area (Å²) in [5, 5.41) is 11.0. The van der Waals surface area contributed by atoms with E-state index in [9.17, 15) is 9.90 Å². The van der Waals surface area contributed by atoms with Gasteiger partial charge in [-0.2, -0.15) is 0 Å². The third kappa shape index (κ3) is 5.96. The first-order chi connectivity index (χ1) is 21.1. The van der Waals surface area contributed by atoms with Gasteiger partial charge in [-0.3, -0.25) is 9.69 Å². The van der Waals surface area contributed by atoms with Gasteiger partial charge < -0.3 is 29.0 Å². The highest BCUT2D eigenvalue weighted by molar-refractivity contribution is 5.82. The molecule has 3 aromatic rings. The highest BCUT2D eigenvalue weighted by Crippen LogP contribution is 2.47. The quantitative estimate of drug-likeness (QED) is 0.370. The second-order valence-electron chi connectivity index (χ2n) is 13.1. The van der Waals surface area contributed by atoms with Gasteiger partial charge in [0.15, 0.2) is 23.4 Å². The molecule has 3 aromatic carbocycles. The van der Waals surface area contributed by atoms with Crippen LogP contribution in [0, 0.1) is 5.41 Å². The number of ether oxygens (including phenoxy) is 4. The summed E-state index contributed by atoms with van der Waals surface area (Å²) in [6.07, 6.45) is -1.28. The smallest absolute Gasteiger partial charge is 0.254 e. The molecule has 0 aliphatic carbocycles. The molecule has 3 fully saturated rings. The molecule has 3 aliphatic rings. The minimum absolute atomic E-state index is 0.00162. The van der Waals surface area contributed by atoms with Crippen LogP contribution in [0.2, 0.25) is 0 Å². The fraction of sp³-hybridized carbons (Fsp3) is 0.472. The summed E-state index contributed by atoms with van der Waals surface area (Å²) >= 11 is 0. The van der Waals surface area contributed by atoms with E-state index in [0.29, 0.717) is 24.6 Å². The Labute approximate surface area is 260 Å². The van der Waals surface area contributed by atoms with Crippen molar-refractivity contribution in [2.75, 3.05) is 39.9 Å².